The minimum atomic E-state index is -0.248. The van der Waals surface area contributed by atoms with Crippen molar-refractivity contribution in [1.29, 1.82) is 0 Å². The smallest absolute Gasteiger partial charge is 0.253 e. The van der Waals surface area contributed by atoms with Gasteiger partial charge in [-0.2, -0.15) is 0 Å². The summed E-state index contributed by atoms with van der Waals surface area (Å²) in [7, 11) is 0. The lowest BCUT2D eigenvalue weighted by Crippen LogP contribution is -2.19. The number of amides is 2. The van der Waals surface area contributed by atoms with Crippen LogP contribution in [-0.4, -0.2) is 11.8 Å². The van der Waals surface area contributed by atoms with Crippen molar-refractivity contribution in [3.8, 4) is 0 Å². The Labute approximate surface area is 52.7 Å². The van der Waals surface area contributed by atoms with Crippen LogP contribution in [-0.2, 0) is 9.59 Å². The van der Waals surface area contributed by atoms with E-state index in [2.05, 4.69) is 5.32 Å². The highest BCUT2D eigenvalue weighted by molar-refractivity contribution is 6.13. The van der Waals surface area contributed by atoms with Gasteiger partial charge in [0.25, 0.3) is 5.91 Å². The minimum Gasteiger partial charge on any atom is -0.292 e. The molecule has 0 aromatic heterocycles. The van der Waals surface area contributed by atoms with Crippen molar-refractivity contribution in [3.05, 3.63) is 11.6 Å². The van der Waals surface area contributed by atoms with E-state index >= 15 is 0 Å². The van der Waals surface area contributed by atoms with Crippen molar-refractivity contribution in [2.24, 2.45) is 0 Å². The van der Waals surface area contributed by atoms with Crippen LogP contribution in [0.1, 0.15) is 13.3 Å². The number of hydrogen-bond donors (Lipinski definition) is 1. The largest absolute Gasteiger partial charge is 0.292 e. The molecule has 0 aromatic rings. The van der Waals surface area contributed by atoms with Crippen LogP contribution in [0.2, 0.25) is 0 Å². The lowest BCUT2D eigenvalue weighted by molar-refractivity contribution is -0.124. The van der Waals surface area contributed by atoms with Crippen molar-refractivity contribution in [2.75, 3.05) is 0 Å². The quantitative estimate of drug-likeness (QED) is 0.365. The zero-order valence-electron chi connectivity index (χ0n) is 5.10. The van der Waals surface area contributed by atoms with Crippen LogP contribution >= 0.6 is 0 Å². The van der Waals surface area contributed by atoms with E-state index in [0.29, 0.717) is 5.57 Å². The van der Waals surface area contributed by atoms with E-state index in [0.717, 1.165) is 0 Å². The Morgan fingerprint density at radius 2 is 2.22 bits per heavy atom. The monoisotopic (exact) mass is 125 g/mol. The standard InChI is InChI=1S/C6H7NO2/c1-2-4-3-5(8)7-6(4)9/h2H,3H2,1H3,(H,7,8,9)/b4-2+. The molecule has 0 saturated carbocycles. The molecular weight excluding hydrogens is 118 g/mol. The Morgan fingerprint density at radius 1 is 1.56 bits per heavy atom. The first-order chi connectivity index (χ1) is 4.24. The van der Waals surface area contributed by atoms with E-state index in [4.69, 9.17) is 0 Å². The summed E-state index contributed by atoms with van der Waals surface area (Å²) in [6.07, 6.45) is 1.90. The maximum atomic E-state index is 10.6. The second kappa shape index (κ2) is 2.01. The van der Waals surface area contributed by atoms with E-state index in [9.17, 15) is 9.59 Å². The number of nitrogens with one attached hydrogen (secondary N) is 1. The number of imide groups is 1. The van der Waals surface area contributed by atoms with Crippen LogP contribution in [0.5, 0.6) is 0 Å². The lowest BCUT2D eigenvalue weighted by Gasteiger charge is -1.83. The third kappa shape index (κ3) is 0.988. The molecular formula is C6H7NO2. The van der Waals surface area contributed by atoms with E-state index in [1.165, 1.54) is 0 Å². The molecule has 1 heterocycles. The molecule has 0 bridgehead atoms. The van der Waals surface area contributed by atoms with Crippen molar-refractivity contribution >= 4 is 11.8 Å². The molecule has 1 N–H and O–H groups in total. The number of hydrogen-bond acceptors (Lipinski definition) is 2. The first-order valence-corrected chi connectivity index (χ1v) is 2.73. The van der Waals surface area contributed by atoms with Gasteiger partial charge in [-0.1, -0.05) is 6.08 Å². The summed E-state index contributed by atoms with van der Waals surface area (Å²) >= 11 is 0. The van der Waals surface area contributed by atoms with Gasteiger partial charge < -0.3 is 0 Å². The first kappa shape index (κ1) is 6.01. The summed E-state index contributed by atoms with van der Waals surface area (Å²) in [6, 6.07) is 0. The molecule has 0 unspecified atom stereocenters. The number of allylic oxidation sites excluding steroid dienone is 1. The molecule has 3 heteroatoms. The molecule has 0 spiro atoms. The molecule has 0 atom stereocenters. The molecule has 0 radical (unpaired) electrons. The SMILES string of the molecule is C/C=C1\CC(=O)NC1=O. The van der Waals surface area contributed by atoms with E-state index in [1.807, 2.05) is 0 Å². The summed E-state index contributed by atoms with van der Waals surface area (Å²) < 4.78 is 0. The van der Waals surface area contributed by atoms with Gasteiger partial charge in [0, 0.05) is 5.57 Å². The maximum Gasteiger partial charge on any atom is 0.253 e. The topological polar surface area (TPSA) is 46.2 Å². The minimum absolute atomic E-state index is 0.201. The van der Waals surface area contributed by atoms with Gasteiger partial charge in [-0.05, 0) is 6.92 Å². The van der Waals surface area contributed by atoms with Crippen LogP contribution in [0.4, 0.5) is 0 Å². The predicted molar refractivity (Wildman–Crippen MR) is 31.5 cm³/mol. The third-order valence-electron chi connectivity index (χ3n) is 1.24. The van der Waals surface area contributed by atoms with Crippen LogP contribution in [0.3, 0.4) is 0 Å². The number of carbonyl (C=O) groups excluding carboxylic acids is 2. The van der Waals surface area contributed by atoms with E-state index in [1.54, 1.807) is 13.0 Å². The average Bonchev–Trinajstić information content (AvgIpc) is 2.10. The molecule has 0 aromatic carbocycles. The first-order valence-electron chi connectivity index (χ1n) is 2.73. The lowest BCUT2D eigenvalue weighted by atomic mass is 10.2. The van der Waals surface area contributed by atoms with Gasteiger partial charge in [0.15, 0.2) is 0 Å². The fraction of sp³-hybridized carbons (Fsp3) is 0.333. The molecule has 1 rings (SSSR count). The Kier molecular flexibility index (Phi) is 1.34. The molecule has 1 saturated heterocycles. The van der Waals surface area contributed by atoms with Gasteiger partial charge in [-0.15, -0.1) is 0 Å². The molecule has 2 amide bonds. The molecule has 0 aliphatic carbocycles. The molecule has 1 aliphatic heterocycles. The van der Waals surface area contributed by atoms with Gasteiger partial charge in [-0.25, -0.2) is 0 Å². The molecule has 1 aliphatic rings. The Hall–Kier alpha value is -1.12. The fourth-order valence-corrected chi connectivity index (χ4v) is 0.738. The number of carbonyl (C=O) groups is 2. The highest BCUT2D eigenvalue weighted by atomic mass is 16.2. The Bertz CT molecular complexity index is 193. The highest BCUT2D eigenvalue weighted by Gasteiger charge is 2.22. The Morgan fingerprint density at radius 3 is 2.44 bits per heavy atom. The molecule has 9 heavy (non-hydrogen) atoms. The van der Waals surface area contributed by atoms with Crippen LogP contribution in [0.15, 0.2) is 11.6 Å². The van der Waals surface area contributed by atoms with Gasteiger partial charge >= 0.3 is 0 Å². The van der Waals surface area contributed by atoms with E-state index < -0.39 is 0 Å². The van der Waals surface area contributed by atoms with Crippen LogP contribution in [0.25, 0.3) is 0 Å². The average molecular weight is 125 g/mol. The van der Waals surface area contributed by atoms with Crippen LogP contribution < -0.4 is 5.32 Å². The van der Waals surface area contributed by atoms with Crippen LogP contribution in [0, 0.1) is 0 Å². The zero-order chi connectivity index (χ0) is 6.85. The molecule has 1 fully saturated rings. The van der Waals surface area contributed by atoms with Gasteiger partial charge in [0.05, 0.1) is 6.42 Å². The zero-order valence-corrected chi connectivity index (χ0v) is 5.10. The maximum absolute atomic E-state index is 10.6. The summed E-state index contributed by atoms with van der Waals surface area (Å²) in [4.78, 5) is 21.1. The van der Waals surface area contributed by atoms with Crippen molar-refractivity contribution < 1.29 is 9.59 Å². The summed E-state index contributed by atoms with van der Waals surface area (Å²) in [5, 5.41) is 2.17. The van der Waals surface area contributed by atoms with E-state index in [-0.39, 0.29) is 18.2 Å². The number of rotatable bonds is 0. The van der Waals surface area contributed by atoms with Crippen molar-refractivity contribution in [3.63, 3.8) is 0 Å². The molecule has 3 nitrogen and oxygen atoms in total. The summed E-state index contributed by atoms with van der Waals surface area (Å²) in [6.45, 7) is 1.74. The second-order valence-electron chi connectivity index (χ2n) is 1.87. The predicted octanol–water partition coefficient (Wildman–Crippen LogP) is -0.0208. The second-order valence-corrected chi connectivity index (χ2v) is 1.87. The highest BCUT2D eigenvalue weighted by Crippen LogP contribution is 2.07. The fourth-order valence-electron chi connectivity index (χ4n) is 0.738. The van der Waals surface area contributed by atoms with Gasteiger partial charge in [0.1, 0.15) is 0 Å². The summed E-state index contributed by atoms with van der Waals surface area (Å²) in [5.41, 5.74) is 0.569. The van der Waals surface area contributed by atoms with Gasteiger partial charge in [0.2, 0.25) is 5.91 Å². The third-order valence-corrected chi connectivity index (χ3v) is 1.24. The summed E-state index contributed by atoms with van der Waals surface area (Å²) in [5.74, 6) is -0.449. The van der Waals surface area contributed by atoms with Crippen molar-refractivity contribution in [1.82, 2.24) is 5.32 Å². The van der Waals surface area contributed by atoms with Crippen molar-refractivity contribution in [2.45, 2.75) is 13.3 Å². The molecule has 48 valence electrons. The van der Waals surface area contributed by atoms with Gasteiger partial charge in [-0.3, -0.25) is 14.9 Å². The Balaban J connectivity index is 2.81. The normalized spacial score (nSPS) is 23.0.